The molecule has 3 rings (SSSR count). The first-order chi connectivity index (χ1) is 13.8. The number of carbonyl (C=O) groups is 1. The molecule has 0 atom stereocenters. The van der Waals surface area contributed by atoms with Crippen molar-refractivity contribution in [1.82, 2.24) is 4.90 Å². The molecule has 1 N–H and O–H groups in total. The number of anilines is 1. The standard InChI is InChI=1S/C22H18ClF3N2O/c23-19-12-11-18(22(24,25)26)13-20(19)27-21(29)28(14-16-7-3-1-4-8-16)15-17-9-5-2-6-10-17/h1-13H,14-15H2,(H,27,29). The molecule has 0 fully saturated rings. The number of rotatable bonds is 5. The first kappa shape index (κ1) is 20.7. The summed E-state index contributed by atoms with van der Waals surface area (Å²) >= 11 is 6.01. The lowest BCUT2D eigenvalue weighted by molar-refractivity contribution is -0.137. The number of halogens is 4. The van der Waals surface area contributed by atoms with Crippen LogP contribution in [0.4, 0.5) is 23.7 Å². The van der Waals surface area contributed by atoms with Gasteiger partial charge in [0.1, 0.15) is 0 Å². The Morgan fingerprint density at radius 2 is 1.38 bits per heavy atom. The van der Waals surface area contributed by atoms with E-state index in [1.165, 1.54) is 4.90 Å². The Labute approximate surface area is 171 Å². The summed E-state index contributed by atoms with van der Waals surface area (Å²) < 4.78 is 39.0. The van der Waals surface area contributed by atoms with Crippen LogP contribution in [0.5, 0.6) is 0 Å². The number of nitrogens with zero attached hydrogens (tertiary/aromatic N) is 1. The average molecular weight is 419 g/mol. The summed E-state index contributed by atoms with van der Waals surface area (Å²) in [5.41, 5.74) is 0.829. The minimum absolute atomic E-state index is 0.0331. The lowest BCUT2D eigenvalue weighted by atomic mass is 10.1. The molecule has 0 heterocycles. The van der Waals surface area contributed by atoms with Crippen LogP contribution in [0.15, 0.2) is 78.9 Å². The van der Waals surface area contributed by atoms with Crippen molar-refractivity contribution in [2.45, 2.75) is 19.3 Å². The van der Waals surface area contributed by atoms with Gasteiger partial charge in [-0.2, -0.15) is 13.2 Å². The Balaban J connectivity index is 1.84. The van der Waals surface area contributed by atoms with Crippen LogP contribution in [-0.2, 0) is 19.3 Å². The topological polar surface area (TPSA) is 32.3 Å². The lowest BCUT2D eigenvalue weighted by Gasteiger charge is -2.24. The fourth-order valence-electron chi connectivity index (χ4n) is 2.80. The van der Waals surface area contributed by atoms with Crippen molar-refractivity contribution >= 4 is 23.3 Å². The highest BCUT2D eigenvalue weighted by molar-refractivity contribution is 6.33. The van der Waals surface area contributed by atoms with Gasteiger partial charge in [0.25, 0.3) is 0 Å². The largest absolute Gasteiger partial charge is 0.416 e. The summed E-state index contributed by atoms with van der Waals surface area (Å²) in [7, 11) is 0. The van der Waals surface area contributed by atoms with Crippen molar-refractivity contribution < 1.29 is 18.0 Å². The van der Waals surface area contributed by atoms with E-state index in [1.807, 2.05) is 60.7 Å². The first-order valence-electron chi connectivity index (χ1n) is 8.83. The van der Waals surface area contributed by atoms with Crippen LogP contribution in [0.1, 0.15) is 16.7 Å². The molecule has 3 aromatic rings. The SMILES string of the molecule is O=C(Nc1cc(C(F)(F)F)ccc1Cl)N(Cc1ccccc1)Cc1ccccc1. The maximum Gasteiger partial charge on any atom is 0.416 e. The van der Waals surface area contributed by atoms with Crippen molar-refractivity contribution in [3.63, 3.8) is 0 Å². The smallest absolute Gasteiger partial charge is 0.316 e. The number of hydrogen-bond acceptors (Lipinski definition) is 1. The molecule has 0 spiro atoms. The van der Waals surface area contributed by atoms with Crippen LogP contribution < -0.4 is 5.32 Å². The molecule has 29 heavy (non-hydrogen) atoms. The number of urea groups is 1. The molecule has 3 nitrogen and oxygen atoms in total. The minimum Gasteiger partial charge on any atom is -0.316 e. The Morgan fingerprint density at radius 3 is 1.86 bits per heavy atom. The van der Waals surface area contributed by atoms with E-state index in [4.69, 9.17) is 11.6 Å². The minimum atomic E-state index is -4.53. The van der Waals surface area contributed by atoms with E-state index in [2.05, 4.69) is 5.32 Å². The Kier molecular flexibility index (Phi) is 6.44. The summed E-state index contributed by atoms with van der Waals surface area (Å²) in [5.74, 6) is 0. The quantitative estimate of drug-likeness (QED) is 0.497. The van der Waals surface area contributed by atoms with Gasteiger partial charge in [-0.1, -0.05) is 72.3 Å². The van der Waals surface area contributed by atoms with Gasteiger partial charge >= 0.3 is 12.2 Å². The molecule has 3 aromatic carbocycles. The van der Waals surface area contributed by atoms with Crippen molar-refractivity contribution in [2.24, 2.45) is 0 Å². The van der Waals surface area contributed by atoms with Crippen LogP contribution in [-0.4, -0.2) is 10.9 Å². The number of hydrogen-bond donors (Lipinski definition) is 1. The molecule has 0 saturated carbocycles. The van der Waals surface area contributed by atoms with Gasteiger partial charge in [0, 0.05) is 13.1 Å². The molecule has 0 radical (unpaired) electrons. The molecule has 0 aromatic heterocycles. The highest BCUT2D eigenvalue weighted by Gasteiger charge is 2.31. The Morgan fingerprint density at radius 1 is 0.862 bits per heavy atom. The van der Waals surface area contributed by atoms with E-state index >= 15 is 0 Å². The summed E-state index contributed by atoms with van der Waals surface area (Å²) in [6.45, 7) is 0.580. The molecule has 0 aliphatic rings. The van der Waals surface area contributed by atoms with E-state index in [1.54, 1.807) is 0 Å². The summed E-state index contributed by atoms with van der Waals surface area (Å²) in [4.78, 5) is 14.4. The first-order valence-corrected chi connectivity index (χ1v) is 9.21. The van der Waals surface area contributed by atoms with E-state index < -0.39 is 17.8 Å². The zero-order valence-electron chi connectivity index (χ0n) is 15.3. The maximum atomic E-state index is 13.0. The number of alkyl halides is 3. The van der Waals surface area contributed by atoms with Gasteiger partial charge in [-0.3, -0.25) is 0 Å². The third kappa shape index (κ3) is 5.74. The monoisotopic (exact) mass is 418 g/mol. The van der Waals surface area contributed by atoms with Gasteiger partial charge in [0.2, 0.25) is 0 Å². The Bertz CT molecular complexity index is 921. The highest BCUT2D eigenvalue weighted by atomic mass is 35.5. The number of benzene rings is 3. The fraction of sp³-hybridized carbons (Fsp3) is 0.136. The van der Waals surface area contributed by atoms with E-state index in [0.29, 0.717) is 0 Å². The van der Waals surface area contributed by atoms with Crippen LogP contribution in [0.2, 0.25) is 5.02 Å². The predicted molar refractivity (Wildman–Crippen MR) is 108 cm³/mol. The average Bonchev–Trinajstić information content (AvgIpc) is 2.70. The van der Waals surface area contributed by atoms with E-state index in [0.717, 1.165) is 29.3 Å². The summed E-state index contributed by atoms with van der Waals surface area (Å²) in [6, 6.07) is 21.0. The molecule has 0 saturated heterocycles. The van der Waals surface area contributed by atoms with Gasteiger partial charge in [-0.25, -0.2) is 4.79 Å². The number of nitrogens with one attached hydrogen (secondary N) is 1. The van der Waals surface area contributed by atoms with E-state index in [9.17, 15) is 18.0 Å². The van der Waals surface area contributed by atoms with Gasteiger partial charge in [-0.05, 0) is 29.3 Å². The second-order valence-corrected chi connectivity index (χ2v) is 6.86. The highest BCUT2D eigenvalue weighted by Crippen LogP contribution is 2.34. The van der Waals surface area contributed by atoms with Crippen LogP contribution in [0.3, 0.4) is 0 Å². The molecule has 0 aliphatic carbocycles. The van der Waals surface area contributed by atoms with Crippen molar-refractivity contribution in [2.75, 3.05) is 5.32 Å². The zero-order chi connectivity index (χ0) is 20.9. The molecule has 0 bridgehead atoms. The fourth-order valence-corrected chi connectivity index (χ4v) is 2.96. The van der Waals surface area contributed by atoms with Crippen molar-refractivity contribution in [1.29, 1.82) is 0 Å². The van der Waals surface area contributed by atoms with Gasteiger partial charge in [-0.15, -0.1) is 0 Å². The molecule has 150 valence electrons. The Hall–Kier alpha value is -2.99. The normalized spacial score (nSPS) is 11.2. The third-order valence-electron chi connectivity index (χ3n) is 4.26. The van der Waals surface area contributed by atoms with E-state index in [-0.39, 0.29) is 23.8 Å². The van der Waals surface area contributed by atoms with Gasteiger partial charge in [0.15, 0.2) is 0 Å². The predicted octanol–water partition coefficient (Wildman–Crippen LogP) is 6.59. The second-order valence-electron chi connectivity index (χ2n) is 6.45. The molecule has 0 aliphatic heterocycles. The molecular formula is C22H18ClF3N2O. The van der Waals surface area contributed by atoms with Gasteiger partial charge < -0.3 is 10.2 Å². The second kappa shape index (κ2) is 9.01. The maximum absolute atomic E-state index is 13.0. The van der Waals surface area contributed by atoms with Gasteiger partial charge in [0.05, 0.1) is 16.3 Å². The van der Waals surface area contributed by atoms with Crippen molar-refractivity contribution in [3.8, 4) is 0 Å². The molecule has 2 amide bonds. The van der Waals surface area contributed by atoms with Crippen LogP contribution in [0.25, 0.3) is 0 Å². The summed E-state index contributed by atoms with van der Waals surface area (Å²) in [6.07, 6.45) is -4.53. The zero-order valence-corrected chi connectivity index (χ0v) is 16.0. The molecule has 7 heteroatoms. The van der Waals surface area contributed by atoms with Crippen LogP contribution in [0, 0.1) is 0 Å². The van der Waals surface area contributed by atoms with Crippen molar-refractivity contribution in [3.05, 3.63) is 101 Å². The van der Waals surface area contributed by atoms with Crippen LogP contribution >= 0.6 is 11.6 Å². The summed E-state index contributed by atoms with van der Waals surface area (Å²) in [5, 5.41) is 2.55. The number of amides is 2. The third-order valence-corrected chi connectivity index (χ3v) is 4.58. The number of carbonyl (C=O) groups excluding carboxylic acids is 1. The molecular weight excluding hydrogens is 401 g/mol. The molecule has 0 unspecified atom stereocenters. The lowest BCUT2D eigenvalue weighted by Crippen LogP contribution is -2.34.